The fourth-order valence-electron chi connectivity index (χ4n) is 4.41. The second kappa shape index (κ2) is 10.9. The van der Waals surface area contributed by atoms with Crippen LogP contribution >= 0.6 is 23.1 Å². The molecule has 0 saturated carbocycles. The van der Waals surface area contributed by atoms with E-state index in [0.29, 0.717) is 44.1 Å². The van der Waals surface area contributed by atoms with Crippen molar-refractivity contribution in [1.29, 1.82) is 0 Å². The van der Waals surface area contributed by atoms with Crippen LogP contribution in [0.5, 0.6) is 0 Å². The molecule has 1 saturated heterocycles. The van der Waals surface area contributed by atoms with E-state index in [-0.39, 0.29) is 23.7 Å². The lowest BCUT2D eigenvalue weighted by Crippen LogP contribution is -2.31. The van der Waals surface area contributed by atoms with Crippen LogP contribution in [0, 0.1) is 12.8 Å². The minimum Gasteiger partial charge on any atom is -0.381 e. The van der Waals surface area contributed by atoms with E-state index < -0.39 is 0 Å². The number of thiazole rings is 1. The Balaban J connectivity index is 1.47. The third-order valence-corrected chi connectivity index (χ3v) is 8.09. The lowest BCUT2D eigenvalue weighted by molar-refractivity contribution is -0.125. The standard InChI is InChI=1S/C27H28N4O3S2/c1-17-29-23-8-5-21(14-25(23)36-17)30-27-28-15-20(13-24(32)19-9-11-34-12-10-19)26(33)31(27)16-18-3-6-22(35-2)7-4-18/h3-8,14-15,19H,9-13,16H2,1-2H3,(H,28,30). The van der Waals surface area contributed by atoms with Gasteiger partial charge in [0, 0.05) is 47.9 Å². The zero-order valence-electron chi connectivity index (χ0n) is 20.3. The van der Waals surface area contributed by atoms with Crippen LogP contribution in [0.15, 0.2) is 58.4 Å². The molecule has 1 N–H and O–H groups in total. The van der Waals surface area contributed by atoms with Crippen molar-refractivity contribution >= 4 is 50.7 Å². The highest BCUT2D eigenvalue weighted by molar-refractivity contribution is 7.98. The summed E-state index contributed by atoms with van der Waals surface area (Å²) in [4.78, 5) is 36.8. The Hall–Kier alpha value is -3.01. The average molecular weight is 521 g/mol. The van der Waals surface area contributed by atoms with Gasteiger partial charge in [0.25, 0.3) is 5.56 Å². The summed E-state index contributed by atoms with van der Waals surface area (Å²) in [7, 11) is 0. The largest absolute Gasteiger partial charge is 0.381 e. The number of Topliss-reactive ketones (excluding diaryl/α,β-unsaturated/α-hetero) is 1. The van der Waals surface area contributed by atoms with E-state index in [0.717, 1.165) is 31.4 Å². The van der Waals surface area contributed by atoms with Crippen LogP contribution in [0.1, 0.15) is 29.0 Å². The third-order valence-electron chi connectivity index (χ3n) is 6.41. The number of aromatic nitrogens is 3. The zero-order chi connectivity index (χ0) is 25.1. The molecular formula is C27H28N4O3S2. The maximum absolute atomic E-state index is 13.6. The summed E-state index contributed by atoms with van der Waals surface area (Å²) in [5.41, 5.74) is 2.99. The molecule has 0 radical (unpaired) electrons. The third kappa shape index (κ3) is 5.53. The molecule has 0 atom stereocenters. The van der Waals surface area contributed by atoms with E-state index in [9.17, 15) is 9.59 Å². The van der Waals surface area contributed by atoms with Crippen molar-refractivity contribution in [3.05, 3.63) is 75.1 Å². The van der Waals surface area contributed by atoms with E-state index in [1.165, 1.54) is 0 Å². The van der Waals surface area contributed by atoms with Gasteiger partial charge in [0.2, 0.25) is 5.95 Å². The molecule has 0 bridgehead atoms. The van der Waals surface area contributed by atoms with Gasteiger partial charge in [-0.2, -0.15) is 0 Å². The number of benzene rings is 2. The summed E-state index contributed by atoms with van der Waals surface area (Å²) in [6.07, 6.45) is 5.09. The first-order chi connectivity index (χ1) is 17.5. The number of nitrogens with zero attached hydrogens (tertiary/aromatic N) is 3. The molecule has 1 aliphatic rings. The maximum Gasteiger partial charge on any atom is 0.258 e. The molecular weight excluding hydrogens is 492 g/mol. The highest BCUT2D eigenvalue weighted by Gasteiger charge is 2.23. The fourth-order valence-corrected chi connectivity index (χ4v) is 5.69. The Kier molecular flexibility index (Phi) is 7.50. The summed E-state index contributed by atoms with van der Waals surface area (Å²) in [6.45, 7) is 3.53. The predicted molar refractivity (Wildman–Crippen MR) is 146 cm³/mol. The quantitative estimate of drug-likeness (QED) is 0.319. The van der Waals surface area contributed by atoms with Gasteiger partial charge in [0.05, 0.1) is 21.8 Å². The number of hydrogen-bond acceptors (Lipinski definition) is 8. The predicted octanol–water partition coefficient (Wildman–Crippen LogP) is 5.21. The van der Waals surface area contributed by atoms with E-state index in [4.69, 9.17) is 4.74 Å². The maximum atomic E-state index is 13.6. The van der Waals surface area contributed by atoms with E-state index in [2.05, 4.69) is 15.3 Å². The lowest BCUT2D eigenvalue weighted by Gasteiger charge is -2.21. The van der Waals surface area contributed by atoms with E-state index >= 15 is 0 Å². The van der Waals surface area contributed by atoms with Crippen molar-refractivity contribution in [2.24, 2.45) is 5.92 Å². The monoisotopic (exact) mass is 520 g/mol. The number of aryl methyl sites for hydroxylation is 1. The molecule has 186 valence electrons. The molecule has 5 rings (SSSR count). The summed E-state index contributed by atoms with van der Waals surface area (Å²) in [5, 5.41) is 4.33. The molecule has 1 aliphatic heterocycles. The molecule has 0 aliphatic carbocycles. The zero-order valence-corrected chi connectivity index (χ0v) is 22.0. The topological polar surface area (TPSA) is 86.1 Å². The highest BCUT2D eigenvalue weighted by atomic mass is 32.2. The van der Waals surface area contributed by atoms with Gasteiger partial charge in [-0.3, -0.25) is 14.2 Å². The molecule has 0 spiro atoms. The van der Waals surface area contributed by atoms with Crippen molar-refractivity contribution in [2.45, 2.75) is 37.6 Å². The molecule has 4 aromatic rings. The number of carbonyl (C=O) groups excluding carboxylic acids is 1. The average Bonchev–Trinajstić information content (AvgIpc) is 3.28. The molecule has 1 fully saturated rings. The fraction of sp³-hybridized carbons (Fsp3) is 0.333. The molecule has 0 amide bonds. The van der Waals surface area contributed by atoms with Crippen LogP contribution in [0.3, 0.4) is 0 Å². The van der Waals surface area contributed by atoms with Crippen LogP contribution in [-0.4, -0.2) is 39.8 Å². The van der Waals surface area contributed by atoms with Crippen LogP contribution < -0.4 is 10.9 Å². The number of hydrogen-bond donors (Lipinski definition) is 1. The number of ketones is 1. The van der Waals surface area contributed by atoms with Crippen LogP contribution in [0.4, 0.5) is 11.6 Å². The first kappa shape index (κ1) is 24.7. The van der Waals surface area contributed by atoms with Gasteiger partial charge >= 0.3 is 0 Å². The number of ether oxygens (including phenoxy) is 1. The second-order valence-electron chi connectivity index (χ2n) is 8.92. The van der Waals surface area contributed by atoms with Crippen molar-refractivity contribution < 1.29 is 9.53 Å². The summed E-state index contributed by atoms with van der Waals surface area (Å²) >= 11 is 3.30. The Bertz CT molecular complexity index is 1440. The summed E-state index contributed by atoms with van der Waals surface area (Å²) in [6, 6.07) is 14.1. The van der Waals surface area contributed by atoms with Crippen molar-refractivity contribution in [3.63, 3.8) is 0 Å². The smallest absolute Gasteiger partial charge is 0.258 e. The van der Waals surface area contributed by atoms with Crippen LogP contribution in [-0.2, 0) is 22.5 Å². The number of anilines is 2. The van der Waals surface area contributed by atoms with Gasteiger partial charge in [-0.05, 0) is 61.9 Å². The highest BCUT2D eigenvalue weighted by Crippen LogP contribution is 2.26. The van der Waals surface area contributed by atoms with Gasteiger partial charge in [-0.15, -0.1) is 23.1 Å². The molecule has 2 aromatic carbocycles. The molecule has 36 heavy (non-hydrogen) atoms. The number of fused-ring (bicyclic) bond motifs is 1. The Morgan fingerprint density at radius 3 is 2.72 bits per heavy atom. The van der Waals surface area contributed by atoms with E-state index in [1.54, 1.807) is 33.9 Å². The molecule has 9 heteroatoms. The number of carbonyl (C=O) groups is 1. The van der Waals surface area contributed by atoms with Crippen LogP contribution in [0.25, 0.3) is 10.2 Å². The van der Waals surface area contributed by atoms with Crippen molar-refractivity contribution in [1.82, 2.24) is 14.5 Å². The minimum absolute atomic E-state index is 0.0573. The summed E-state index contributed by atoms with van der Waals surface area (Å²) in [5.74, 6) is 0.467. The van der Waals surface area contributed by atoms with Crippen molar-refractivity contribution in [3.8, 4) is 0 Å². The van der Waals surface area contributed by atoms with Crippen molar-refractivity contribution in [2.75, 3.05) is 24.8 Å². The minimum atomic E-state index is -0.198. The lowest BCUT2D eigenvalue weighted by atomic mass is 9.92. The van der Waals surface area contributed by atoms with Gasteiger partial charge in [0.1, 0.15) is 5.78 Å². The summed E-state index contributed by atoms with van der Waals surface area (Å²) < 4.78 is 8.08. The van der Waals surface area contributed by atoms with E-state index in [1.807, 2.05) is 55.6 Å². The number of rotatable bonds is 8. The number of nitrogens with one attached hydrogen (secondary N) is 1. The normalized spacial score (nSPS) is 14.3. The Morgan fingerprint density at radius 2 is 1.97 bits per heavy atom. The second-order valence-corrected chi connectivity index (χ2v) is 11.0. The van der Waals surface area contributed by atoms with Gasteiger partial charge < -0.3 is 10.1 Å². The SMILES string of the molecule is CSc1ccc(Cn2c(Nc3ccc4nc(C)sc4c3)ncc(CC(=O)C3CCOCC3)c2=O)cc1. The molecule has 3 heterocycles. The Labute approximate surface area is 217 Å². The van der Waals surface area contributed by atoms with Gasteiger partial charge in [-0.1, -0.05) is 12.1 Å². The van der Waals surface area contributed by atoms with Crippen LogP contribution in [0.2, 0.25) is 0 Å². The van der Waals surface area contributed by atoms with Gasteiger partial charge in [-0.25, -0.2) is 9.97 Å². The Morgan fingerprint density at radius 1 is 1.19 bits per heavy atom. The molecule has 7 nitrogen and oxygen atoms in total. The van der Waals surface area contributed by atoms with Gasteiger partial charge in [0.15, 0.2) is 0 Å². The number of thioether (sulfide) groups is 1. The molecule has 2 aromatic heterocycles. The first-order valence-electron chi connectivity index (χ1n) is 12.0. The first-order valence-corrected chi connectivity index (χ1v) is 14.0. The molecule has 0 unspecified atom stereocenters.